The Morgan fingerprint density at radius 1 is 1.33 bits per heavy atom. The maximum atomic E-state index is 5.97. The zero-order valence-electron chi connectivity index (χ0n) is 10.0. The minimum Gasteiger partial charge on any atom is -0.379 e. The van der Waals surface area contributed by atoms with Crippen LogP contribution in [0.25, 0.3) is 0 Å². The Labute approximate surface area is 93.0 Å². The molecule has 0 aromatic heterocycles. The summed E-state index contributed by atoms with van der Waals surface area (Å²) >= 11 is 0. The minimum absolute atomic E-state index is 0.156. The monoisotopic (exact) mass is 212 g/mol. The van der Waals surface area contributed by atoms with E-state index in [0.717, 1.165) is 38.0 Å². The van der Waals surface area contributed by atoms with Gasteiger partial charge in [0, 0.05) is 26.2 Å². The van der Waals surface area contributed by atoms with E-state index in [9.17, 15) is 0 Å². The zero-order valence-corrected chi connectivity index (χ0v) is 10.0. The largest absolute Gasteiger partial charge is 0.379 e. The third kappa shape index (κ3) is 2.19. The molecule has 2 saturated heterocycles. The molecule has 0 spiro atoms. The molecule has 2 N–H and O–H groups in total. The molecule has 0 aliphatic carbocycles. The quantitative estimate of drug-likeness (QED) is 0.744. The maximum Gasteiger partial charge on any atom is 0.0663 e. The summed E-state index contributed by atoms with van der Waals surface area (Å²) in [6, 6.07) is 0. The normalized spacial score (nSPS) is 43.4. The molecule has 3 heteroatoms. The van der Waals surface area contributed by atoms with Crippen LogP contribution in [-0.4, -0.2) is 43.3 Å². The predicted molar refractivity (Wildman–Crippen MR) is 61.7 cm³/mol. The van der Waals surface area contributed by atoms with Crippen molar-refractivity contribution in [1.29, 1.82) is 0 Å². The average molecular weight is 212 g/mol. The van der Waals surface area contributed by atoms with Crippen LogP contribution in [0.2, 0.25) is 0 Å². The molecule has 0 bridgehead atoms. The van der Waals surface area contributed by atoms with Crippen LogP contribution < -0.4 is 5.73 Å². The second-order valence-electron chi connectivity index (χ2n) is 5.58. The first-order chi connectivity index (χ1) is 7.16. The first-order valence-electron chi connectivity index (χ1n) is 6.19. The van der Waals surface area contributed by atoms with Crippen LogP contribution >= 0.6 is 0 Å². The van der Waals surface area contributed by atoms with E-state index < -0.39 is 0 Å². The summed E-state index contributed by atoms with van der Waals surface area (Å²) in [6.45, 7) is 9.56. The topological polar surface area (TPSA) is 38.5 Å². The molecule has 0 aromatic carbocycles. The second-order valence-corrected chi connectivity index (χ2v) is 5.58. The van der Waals surface area contributed by atoms with E-state index in [4.69, 9.17) is 10.5 Å². The molecular formula is C12H24N2O. The summed E-state index contributed by atoms with van der Waals surface area (Å²) in [5, 5.41) is 0. The standard InChI is InChI=1S/C12H24N2O/c1-10-5-11(2)7-14(6-10)12(8-13)3-4-15-9-12/h10-11H,3-9,13H2,1-2H3. The van der Waals surface area contributed by atoms with Crippen LogP contribution in [0.3, 0.4) is 0 Å². The summed E-state index contributed by atoms with van der Waals surface area (Å²) in [5.41, 5.74) is 6.12. The van der Waals surface area contributed by atoms with Gasteiger partial charge in [-0.2, -0.15) is 0 Å². The van der Waals surface area contributed by atoms with Crippen LogP contribution in [0.1, 0.15) is 26.7 Å². The minimum atomic E-state index is 0.156. The Kier molecular flexibility index (Phi) is 3.33. The molecule has 0 radical (unpaired) electrons. The Bertz CT molecular complexity index is 204. The highest BCUT2D eigenvalue weighted by Crippen LogP contribution is 2.31. The molecule has 88 valence electrons. The van der Waals surface area contributed by atoms with Gasteiger partial charge in [0.25, 0.3) is 0 Å². The van der Waals surface area contributed by atoms with Crippen molar-refractivity contribution in [2.75, 3.05) is 32.8 Å². The Morgan fingerprint density at radius 2 is 2.00 bits per heavy atom. The number of nitrogens with two attached hydrogens (primary N) is 1. The lowest BCUT2D eigenvalue weighted by molar-refractivity contribution is 0.0205. The first-order valence-corrected chi connectivity index (χ1v) is 6.19. The van der Waals surface area contributed by atoms with E-state index in [1.807, 2.05) is 0 Å². The molecular weight excluding hydrogens is 188 g/mol. The summed E-state index contributed by atoms with van der Waals surface area (Å²) in [7, 11) is 0. The number of likely N-dealkylation sites (tertiary alicyclic amines) is 1. The lowest BCUT2D eigenvalue weighted by Crippen LogP contribution is -2.58. The molecule has 2 fully saturated rings. The highest BCUT2D eigenvalue weighted by molar-refractivity contribution is 4.97. The van der Waals surface area contributed by atoms with Crippen molar-refractivity contribution in [2.45, 2.75) is 32.2 Å². The van der Waals surface area contributed by atoms with Gasteiger partial charge in [0.1, 0.15) is 0 Å². The van der Waals surface area contributed by atoms with E-state index in [2.05, 4.69) is 18.7 Å². The fraction of sp³-hybridized carbons (Fsp3) is 1.00. The van der Waals surface area contributed by atoms with Gasteiger partial charge in [-0.3, -0.25) is 4.90 Å². The molecule has 0 saturated carbocycles. The van der Waals surface area contributed by atoms with Crippen LogP contribution in [-0.2, 0) is 4.74 Å². The van der Waals surface area contributed by atoms with E-state index >= 15 is 0 Å². The molecule has 2 aliphatic rings. The zero-order chi connectivity index (χ0) is 10.9. The van der Waals surface area contributed by atoms with Gasteiger partial charge in [-0.25, -0.2) is 0 Å². The Morgan fingerprint density at radius 3 is 2.47 bits per heavy atom. The number of rotatable bonds is 2. The Balaban J connectivity index is 2.07. The Hall–Kier alpha value is -0.120. The van der Waals surface area contributed by atoms with E-state index in [1.54, 1.807) is 0 Å². The predicted octanol–water partition coefficient (Wildman–Crippen LogP) is 1.08. The summed E-state index contributed by atoms with van der Waals surface area (Å²) in [6.07, 6.45) is 2.47. The molecule has 3 nitrogen and oxygen atoms in total. The fourth-order valence-electron chi connectivity index (χ4n) is 3.19. The maximum absolute atomic E-state index is 5.97. The summed E-state index contributed by atoms with van der Waals surface area (Å²) in [5.74, 6) is 1.61. The van der Waals surface area contributed by atoms with Gasteiger partial charge in [-0.15, -0.1) is 0 Å². The number of piperidine rings is 1. The molecule has 0 amide bonds. The number of ether oxygens (including phenoxy) is 1. The van der Waals surface area contributed by atoms with Crippen molar-refractivity contribution in [3.05, 3.63) is 0 Å². The molecule has 2 rings (SSSR count). The molecule has 3 atom stereocenters. The van der Waals surface area contributed by atoms with Crippen molar-refractivity contribution >= 4 is 0 Å². The number of hydrogen-bond acceptors (Lipinski definition) is 3. The van der Waals surface area contributed by atoms with Gasteiger partial charge in [-0.1, -0.05) is 13.8 Å². The number of nitrogens with zero attached hydrogens (tertiary/aromatic N) is 1. The summed E-state index contributed by atoms with van der Waals surface area (Å²) in [4.78, 5) is 2.60. The highest BCUT2D eigenvalue weighted by atomic mass is 16.5. The van der Waals surface area contributed by atoms with Crippen molar-refractivity contribution in [3.8, 4) is 0 Å². The third-order valence-electron chi connectivity index (χ3n) is 4.00. The van der Waals surface area contributed by atoms with Crippen LogP contribution in [0.4, 0.5) is 0 Å². The lowest BCUT2D eigenvalue weighted by atomic mass is 9.86. The molecule has 15 heavy (non-hydrogen) atoms. The summed E-state index contributed by atoms with van der Waals surface area (Å²) < 4.78 is 5.55. The van der Waals surface area contributed by atoms with Gasteiger partial charge < -0.3 is 10.5 Å². The van der Waals surface area contributed by atoms with E-state index in [1.165, 1.54) is 19.5 Å². The van der Waals surface area contributed by atoms with Gasteiger partial charge in [-0.05, 0) is 24.7 Å². The van der Waals surface area contributed by atoms with Crippen molar-refractivity contribution in [3.63, 3.8) is 0 Å². The van der Waals surface area contributed by atoms with Crippen molar-refractivity contribution < 1.29 is 4.74 Å². The van der Waals surface area contributed by atoms with E-state index in [-0.39, 0.29) is 5.54 Å². The molecule has 2 aliphatic heterocycles. The third-order valence-corrected chi connectivity index (χ3v) is 4.00. The van der Waals surface area contributed by atoms with Crippen molar-refractivity contribution in [2.24, 2.45) is 17.6 Å². The van der Waals surface area contributed by atoms with E-state index in [0.29, 0.717) is 0 Å². The molecule has 0 aromatic rings. The first kappa shape index (κ1) is 11.4. The number of hydrogen-bond donors (Lipinski definition) is 1. The van der Waals surface area contributed by atoms with Gasteiger partial charge in [0.15, 0.2) is 0 Å². The van der Waals surface area contributed by atoms with Crippen LogP contribution in [0, 0.1) is 11.8 Å². The second kappa shape index (κ2) is 4.40. The smallest absolute Gasteiger partial charge is 0.0663 e. The lowest BCUT2D eigenvalue weighted by Gasteiger charge is -2.45. The van der Waals surface area contributed by atoms with Crippen molar-refractivity contribution in [1.82, 2.24) is 4.90 Å². The van der Waals surface area contributed by atoms with Gasteiger partial charge >= 0.3 is 0 Å². The fourth-order valence-corrected chi connectivity index (χ4v) is 3.19. The van der Waals surface area contributed by atoms with Crippen LogP contribution in [0.15, 0.2) is 0 Å². The highest BCUT2D eigenvalue weighted by Gasteiger charge is 2.41. The SMILES string of the molecule is CC1CC(C)CN(C2(CN)CCOC2)C1. The van der Waals surface area contributed by atoms with Gasteiger partial charge in [0.2, 0.25) is 0 Å². The van der Waals surface area contributed by atoms with Crippen LogP contribution in [0.5, 0.6) is 0 Å². The van der Waals surface area contributed by atoms with Gasteiger partial charge in [0.05, 0.1) is 12.1 Å². The average Bonchev–Trinajstić information content (AvgIpc) is 2.65. The molecule has 2 heterocycles. The molecule has 3 unspecified atom stereocenters.